The lowest BCUT2D eigenvalue weighted by molar-refractivity contribution is 0.0341. The third-order valence-electron chi connectivity index (χ3n) is 7.49. The van der Waals surface area contributed by atoms with Crippen LogP contribution in [0, 0.1) is 0 Å². The zero-order valence-corrected chi connectivity index (χ0v) is 20.9. The highest BCUT2D eigenvalue weighted by atomic mass is 16.5. The van der Waals surface area contributed by atoms with Crippen molar-refractivity contribution in [3.63, 3.8) is 0 Å². The fourth-order valence-electron chi connectivity index (χ4n) is 5.59. The third kappa shape index (κ3) is 4.17. The van der Waals surface area contributed by atoms with Crippen LogP contribution < -0.4 is 20.4 Å². The maximum Gasteiger partial charge on any atom is 0.229 e. The molecule has 3 aliphatic rings. The van der Waals surface area contributed by atoms with Crippen molar-refractivity contribution in [3.8, 4) is 0 Å². The molecule has 9 heteroatoms. The molecule has 188 valence electrons. The van der Waals surface area contributed by atoms with Crippen LogP contribution in [0.25, 0.3) is 0 Å². The Morgan fingerprint density at radius 3 is 2.67 bits per heavy atom. The van der Waals surface area contributed by atoms with Crippen LogP contribution in [-0.4, -0.2) is 67.6 Å². The van der Waals surface area contributed by atoms with Crippen molar-refractivity contribution in [3.05, 3.63) is 59.9 Å². The van der Waals surface area contributed by atoms with E-state index in [1.807, 2.05) is 19.3 Å². The van der Waals surface area contributed by atoms with Crippen molar-refractivity contribution < 1.29 is 9.47 Å². The Labute approximate surface area is 211 Å². The van der Waals surface area contributed by atoms with Gasteiger partial charge < -0.3 is 29.9 Å². The van der Waals surface area contributed by atoms with E-state index < -0.39 is 0 Å². The van der Waals surface area contributed by atoms with Crippen molar-refractivity contribution in [2.45, 2.75) is 31.3 Å². The number of pyridine rings is 1. The lowest BCUT2D eigenvalue weighted by Crippen LogP contribution is -2.48. The van der Waals surface area contributed by atoms with Gasteiger partial charge in [-0.15, -0.1) is 0 Å². The summed E-state index contributed by atoms with van der Waals surface area (Å²) in [6, 6.07) is 14.8. The standard InChI is InChI=1S/C27H33N7O2/c1-27-18-36-13-10-23(27)34(24-5-3-4-20(30-24)16-28-2)25-22(27)17-29-26(32-25)31-19-6-8-21(9-7-19)33-11-14-35-15-12-33/h3-9,17,23,28H,10-16,18H2,1-2H3,(H,29,31,32)/t23-,27-/m1/s1. The van der Waals surface area contributed by atoms with Gasteiger partial charge in [0.25, 0.3) is 0 Å². The minimum Gasteiger partial charge on any atom is -0.380 e. The van der Waals surface area contributed by atoms with Crippen molar-refractivity contribution >= 4 is 29.0 Å². The highest BCUT2D eigenvalue weighted by Gasteiger charge is 2.52. The molecule has 0 unspecified atom stereocenters. The molecule has 2 saturated heterocycles. The molecule has 2 N–H and O–H groups in total. The Hall–Kier alpha value is -3.27. The van der Waals surface area contributed by atoms with Crippen LogP contribution >= 0.6 is 0 Å². The molecule has 0 aliphatic carbocycles. The number of hydrogen-bond acceptors (Lipinski definition) is 9. The molecule has 0 bridgehead atoms. The average molecular weight is 488 g/mol. The first kappa shape index (κ1) is 23.1. The van der Waals surface area contributed by atoms with Crippen LogP contribution in [0.3, 0.4) is 0 Å². The number of fused-ring (bicyclic) bond motifs is 3. The molecule has 2 fully saturated rings. The monoisotopic (exact) mass is 487 g/mol. The lowest BCUT2D eigenvalue weighted by atomic mass is 9.77. The molecule has 3 aliphatic heterocycles. The average Bonchev–Trinajstić information content (AvgIpc) is 3.18. The highest BCUT2D eigenvalue weighted by Crippen LogP contribution is 2.50. The van der Waals surface area contributed by atoms with Gasteiger partial charge in [-0.1, -0.05) is 13.0 Å². The van der Waals surface area contributed by atoms with E-state index in [2.05, 4.69) is 63.8 Å². The summed E-state index contributed by atoms with van der Waals surface area (Å²) in [7, 11) is 1.94. The van der Waals surface area contributed by atoms with Gasteiger partial charge in [-0.3, -0.25) is 0 Å². The van der Waals surface area contributed by atoms with Crippen LogP contribution in [0.15, 0.2) is 48.7 Å². The molecular weight excluding hydrogens is 454 g/mol. The number of aromatic nitrogens is 3. The summed E-state index contributed by atoms with van der Waals surface area (Å²) in [4.78, 5) is 19.3. The van der Waals surface area contributed by atoms with Crippen molar-refractivity contribution in [1.29, 1.82) is 0 Å². The Kier molecular flexibility index (Phi) is 6.20. The van der Waals surface area contributed by atoms with E-state index in [-0.39, 0.29) is 11.5 Å². The second-order valence-corrected chi connectivity index (χ2v) is 9.86. The Morgan fingerprint density at radius 2 is 1.86 bits per heavy atom. The summed E-state index contributed by atoms with van der Waals surface area (Å²) < 4.78 is 11.4. The minimum absolute atomic E-state index is 0.188. The Bertz CT molecular complexity index is 1210. The highest BCUT2D eigenvalue weighted by molar-refractivity contribution is 5.71. The predicted octanol–water partition coefficient (Wildman–Crippen LogP) is 3.37. The number of ether oxygens (including phenoxy) is 2. The van der Waals surface area contributed by atoms with Gasteiger partial charge in [0, 0.05) is 54.8 Å². The zero-order chi connectivity index (χ0) is 24.5. The first-order valence-electron chi connectivity index (χ1n) is 12.7. The van der Waals surface area contributed by atoms with E-state index in [0.717, 1.165) is 74.5 Å². The molecule has 0 spiro atoms. The number of morpholine rings is 1. The van der Waals surface area contributed by atoms with Gasteiger partial charge in [-0.2, -0.15) is 4.98 Å². The fraction of sp³-hybridized carbons (Fsp3) is 0.444. The van der Waals surface area contributed by atoms with Gasteiger partial charge in [0.2, 0.25) is 5.95 Å². The molecule has 0 radical (unpaired) electrons. The SMILES string of the molecule is CNCc1cccc(N2c3nc(Nc4ccc(N5CCOCC5)cc4)ncc3[C@@]3(C)COCC[C@@H]23)n1. The van der Waals surface area contributed by atoms with Crippen LogP contribution in [-0.2, 0) is 21.4 Å². The van der Waals surface area contributed by atoms with Crippen molar-refractivity contribution in [2.24, 2.45) is 0 Å². The summed E-state index contributed by atoms with van der Waals surface area (Å²) in [5, 5.41) is 6.61. The van der Waals surface area contributed by atoms with Gasteiger partial charge in [0.05, 0.1) is 31.6 Å². The third-order valence-corrected chi connectivity index (χ3v) is 7.49. The molecule has 3 aromatic rings. The lowest BCUT2D eigenvalue weighted by Gasteiger charge is -2.39. The van der Waals surface area contributed by atoms with E-state index in [4.69, 9.17) is 24.4 Å². The van der Waals surface area contributed by atoms with Gasteiger partial charge in [0.15, 0.2) is 0 Å². The molecule has 9 nitrogen and oxygen atoms in total. The smallest absolute Gasteiger partial charge is 0.229 e. The molecule has 0 saturated carbocycles. The van der Waals surface area contributed by atoms with Crippen LogP contribution in [0.5, 0.6) is 0 Å². The normalized spacial score (nSPS) is 23.3. The van der Waals surface area contributed by atoms with E-state index in [0.29, 0.717) is 12.6 Å². The van der Waals surface area contributed by atoms with E-state index >= 15 is 0 Å². The topological polar surface area (TPSA) is 87.7 Å². The molecule has 0 amide bonds. The molecule has 2 aromatic heterocycles. The largest absolute Gasteiger partial charge is 0.380 e. The summed E-state index contributed by atoms with van der Waals surface area (Å²) >= 11 is 0. The van der Waals surface area contributed by atoms with E-state index in [9.17, 15) is 0 Å². The number of hydrogen-bond donors (Lipinski definition) is 2. The summed E-state index contributed by atoms with van der Waals surface area (Å²) in [6.45, 7) is 7.75. The maximum absolute atomic E-state index is 5.94. The number of nitrogens with one attached hydrogen (secondary N) is 2. The summed E-state index contributed by atoms with van der Waals surface area (Å²) in [6.07, 6.45) is 2.88. The first-order chi connectivity index (χ1) is 17.7. The second-order valence-electron chi connectivity index (χ2n) is 9.86. The van der Waals surface area contributed by atoms with Gasteiger partial charge in [-0.05, 0) is 49.9 Å². The molecule has 6 rings (SSSR count). The van der Waals surface area contributed by atoms with Crippen LogP contribution in [0.4, 0.5) is 29.0 Å². The summed E-state index contributed by atoms with van der Waals surface area (Å²) in [5.74, 6) is 2.40. The summed E-state index contributed by atoms with van der Waals surface area (Å²) in [5.41, 5.74) is 4.09. The van der Waals surface area contributed by atoms with Gasteiger partial charge in [0.1, 0.15) is 11.6 Å². The van der Waals surface area contributed by atoms with Gasteiger partial charge >= 0.3 is 0 Å². The Balaban J connectivity index is 1.31. The number of nitrogens with zero attached hydrogens (tertiary/aromatic N) is 5. The predicted molar refractivity (Wildman–Crippen MR) is 141 cm³/mol. The fourth-order valence-corrected chi connectivity index (χ4v) is 5.59. The quantitative estimate of drug-likeness (QED) is 0.543. The maximum atomic E-state index is 5.94. The minimum atomic E-state index is -0.188. The first-order valence-corrected chi connectivity index (χ1v) is 12.7. The molecule has 2 atom stereocenters. The van der Waals surface area contributed by atoms with Crippen molar-refractivity contribution in [2.75, 3.05) is 61.7 Å². The molecule has 1 aromatic carbocycles. The van der Waals surface area contributed by atoms with Gasteiger partial charge in [-0.25, -0.2) is 9.97 Å². The van der Waals surface area contributed by atoms with Crippen molar-refractivity contribution in [1.82, 2.24) is 20.3 Å². The number of rotatable bonds is 6. The second kappa shape index (κ2) is 9.65. The molecule has 36 heavy (non-hydrogen) atoms. The van der Waals surface area contributed by atoms with Crippen LogP contribution in [0.2, 0.25) is 0 Å². The van der Waals surface area contributed by atoms with Crippen LogP contribution in [0.1, 0.15) is 24.6 Å². The number of anilines is 5. The number of benzene rings is 1. The molecular formula is C27H33N7O2. The van der Waals surface area contributed by atoms with E-state index in [1.54, 1.807) is 0 Å². The zero-order valence-electron chi connectivity index (χ0n) is 20.9. The Morgan fingerprint density at radius 1 is 1.03 bits per heavy atom. The molecule has 5 heterocycles. The van der Waals surface area contributed by atoms with E-state index in [1.165, 1.54) is 5.69 Å².